The fourth-order valence-electron chi connectivity index (χ4n) is 2.91. The summed E-state index contributed by atoms with van der Waals surface area (Å²) in [6.07, 6.45) is 0. The predicted molar refractivity (Wildman–Crippen MR) is 98.2 cm³/mol. The third-order valence-electron chi connectivity index (χ3n) is 4.51. The third-order valence-corrected chi connectivity index (χ3v) is 4.86. The van der Waals surface area contributed by atoms with Crippen LogP contribution in [0.4, 0.5) is 4.39 Å². The molecular formula is C17H27ClFN5. The molecule has 24 heavy (non-hydrogen) atoms. The van der Waals surface area contributed by atoms with Crippen LogP contribution in [0.2, 0.25) is 5.02 Å². The molecule has 0 aromatic heterocycles. The van der Waals surface area contributed by atoms with E-state index in [1.165, 1.54) is 6.07 Å². The largest absolute Gasteiger partial charge is 0.355 e. The van der Waals surface area contributed by atoms with E-state index in [1.807, 2.05) is 11.9 Å². The minimum atomic E-state index is -0.293. The van der Waals surface area contributed by atoms with Crippen molar-refractivity contribution < 1.29 is 4.39 Å². The molecule has 5 nitrogen and oxygen atoms in total. The first-order chi connectivity index (χ1) is 11.4. The summed E-state index contributed by atoms with van der Waals surface area (Å²) in [5.41, 5.74) is 0.485. The summed E-state index contributed by atoms with van der Waals surface area (Å²) < 4.78 is 14.0. The van der Waals surface area contributed by atoms with Crippen LogP contribution in [0.15, 0.2) is 23.2 Å². The number of halogens is 2. The summed E-state index contributed by atoms with van der Waals surface area (Å²) in [4.78, 5) is 10.9. The van der Waals surface area contributed by atoms with Gasteiger partial charge in [0.15, 0.2) is 5.96 Å². The molecule has 1 saturated heterocycles. The van der Waals surface area contributed by atoms with Gasteiger partial charge in [0, 0.05) is 63.4 Å². The van der Waals surface area contributed by atoms with Gasteiger partial charge in [-0.15, -0.1) is 0 Å². The lowest BCUT2D eigenvalue weighted by Crippen LogP contribution is -2.55. The molecule has 0 amide bonds. The number of guanidine groups is 1. The van der Waals surface area contributed by atoms with Gasteiger partial charge in [-0.1, -0.05) is 17.7 Å². The Morgan fingerprint density at radius 1 is 1.42 bits per heavy atom. The van der Waals surface area contributed by atoms with Gasteiger partial charge in [0.05, 0.1) is 0 Å². The van der Waals surface area contributed by atoms with E-state index in [2.05, 4.69) is 34.2 Å². The van der Waals surface area contributed by atoms with Crippen LogP contribution < -0.4 is 5.32 Å². The summed E-state index contributed by atoms with van der Waals surface area (Å²) >= 11 is 6.12. The van der Waals surface area contributed by atoms with E-state index >= 15 is 0 Å². The molecule has 1 atom stereocenters. The highest BCUT2D eigenvalue weighted by atomic mass is 35.5. The number of benzene rings is 1. The van der Waals surface area contributed by atoms with Crippen LogP contribution in [0.1, 0.15) is 5.56 Å². The summed E-state index contributed by atoms with van der Waals surface area (Å²) in [5.74, 6) is 0.439. The van der Waals surface area contributed by atoms with Crippen molar-refractivity contribution in [1.29, 1.82) is 0 Å². The molecule has 7 heteroatoms. The predicted octanol–water partition coefficient (Wildman–Crippen LogP) is 1.73. The van der Waals surface area contributed by atoms with Gasteiger partial charge in [-0.25, -0.2) is 4.39 Å². The van der Waals surface area contributed by atoms with E-state index in [9.17, 15) is 4.39 Å². The minimum absolute atomic E-state index is 0.293. The minimum Gasteiger partial charge on any atom is -0.355 e. The Kier molecular flexibility index (Phi) is 6.83. The summed E-state index contributed by atoms with van der Waals surface area (Å²) in [7, 11) is 7.90. The smallest absolute Gasteiger partial charge is 0.193 e. The van der Waals surface area contributed by atoms with Gasteiger partial charge in [0.2, 0.25) is 0 Å². The molecule has 1 unspecified atom stereocenters. The second kappa shape index (κ2) is 8.65. The molecule has 0 bridgehead atoms. The van der Waals surface area contributed by atoms with E-state index in [1.54, 1.807) is 19.2 Å². The van der Waals surface area contributed by atoms with Crippen molar-refractivity contribution in [3.63, 3.8) is 0 Å². The van der Waals surface area contributed by atoms with Crippen molar-refractivity contribution >= 4 is 17.6 Å². The monoisotopic (exact) mass is 355 g/mol. The van der Waals surface area contributed by atoms with Crippen LogP contribution in [-0.4, -0.2) is 81.1 Å². The molecule has 1 N–H and O–H groups in total. The molecule has 1 fully saturated rings. The molecule has 0 spiro atoms. The van der Waals surface area contributed by atoms with Crippen LogP contribution in [0.25, 0.3) is 0 Å². The maximum Gasteiger partial charge on any atom is 0.193 e. The van der Waals surface area contributed by atoms with E-state index in [0.29, 0.717) is 23.2 Å². The topological polar surface area (TPSA) is 34.1 Å². The zero-order valence-corrected chi connectivity index (χ0v) is 15.6. The second-order valence-electron chi connectivity index (χ2n) is 6.38. The van der Waals surface area contributed by atoms with Crippen molar-refractivity contribution in [2.24, 2.45) is 4.99 Å². The summed E-state index contributed by atoms with van der Waals surface area (Å²) in [6, 6.07) is 5.17. The molecule has 0 radical (unpaired) electrons. The second-order valence-corrected chi connectivity index (χ2v) is 6.79. The Bertz CT molecular complexity index is 560. The first kappa shape index (κ1) is 19.0. The van der Waals surface area contributed by atoms with E-state index in [0.717, 1.165) is 32.1 Å². The van der Waals surface area contributed by atoms with Gasteiger partial charge >= 0.3 is 0 Å². The molecule has 2 rings (SSSR count). The first-order valence-corrected chi connectivity index (χ1v) is 8.53. The highest BCUT2D eigenvalue weighted by Crippen LogP contribution is 2.20. The quantitative estimate of drug-likeness (QED) is 0.659. The molecule has 0 aliphatic carbocycles. The Morgan fingerprint density at radius 3 is 2.83 bits per heavy atom. The Morgan fingerprint density at radius 2 is 2.17 bits per heavy atom. The lowest BCUT2D eigenvalue weighted by atomic mass is 10.2. The van der Waals surface area contributed by atoms with Crippen molar-refractivity contribution in [2.45, 2.75) is 12.6 Å². The Balaban J connectivity index is 1.96. The van der Waals surface area contributed by atoms with Crippen LogP contribution >= 0.6 is 11.6 Å². The lowest BCUT2D eigenvalue weighted by molar-refractivity contribution is 0.116. The van der Waals surface area contributed by atoms with Crippen molar-refractivity contribution in [1.82, 2.24) is 20.0 Å². The molecule has 134 valence electrons. The lowest BCUT2D eigenvalue weighted by Gasteiger charge is -2.38. The van der Waals surface area contributed by atoms with Gasteiger partial charge in [0.1, 0.15) is 5.82 Å². The van der Waals surface area contributed by atoms with Gasteiger partial charge in [0.25, 0.3) is 0 Å². The molecule has 0 saturated carbocycles. The van der Waals surface area contributed by atoms with Gasteiger partial charge < -0.3 is 15.1 Å². The zero-order valence-electron chi connectivity index (χ0n) is 14.9. The molecule has 1 heterocycles. The van der Waals surface area contributed by atoms with Crippen LogP contribution in [0, 0.1) is 5.82 Å². The maximum absolute atomic E-state index is 14.0. The number of hydrogen-bond acceptors (Lipinski definition) is 3. The van der Waals surface area contributed by atoms with Gasteiger partial charge in [-0.3, -0.25) is 9.89 Å². The van der Waals surface area contributed by atoms with Crippen LogP contribution in [0.3, 0.4) is 0 Å². The fraction of sp³-hybridized carbons (Fsp3) is 0.588. The number of likely N-dealkylation sites (N-methyl/N-ethyl adjacent to an activating group) is 2. The zero-order chi connectivity index (χ0) is 17.7. The maximum atomic E-state index is 14.0. The number of rotatable bonds is 4. The van der Waals surface area contributed by atoms with E-state index in [4.69, 9.17) is 11.6 Å². The van der Waals surface area contributed by atoms with Crippen LogP contribution in [0.5, 0.6) is 0 Å². The molecule has 1 aromatic carbocycles. The fourth-order valence-corrected chi connectivity index (χ4v) is 3.13. The number of piperazine rings is 1. The number of nitrogens with one attached hydrogen (secondary N) is 1. The number of nitrogens with zero attached hydrogens (tertiary/aromatic N) is 4. The summed E-state index contributed by atoms with van der Waals surface area (Å²) in [5, 5.41) is 3.83. The molecule has 1 aromatic rings. The van der Waals surface area contributed by atoms with Crippen molar-refractivity contribution in [2.75, 3.05) is 54.4 Å². The van der Waals surface area contributed by atoms with Crippen molar-refractivity contribution in [3.8, 4) is 0 Å². The molecule has 1 aliphatic heterocycles. The normalized spacial score (nSPS) is 20.2. The highest BCUT2D eigenvalue weighted by Gasteiger charge is 2.22. The Labute approximate surface area is 149 Å². The average Bonchev–Trinajstić information content (AvgIpc) is 2.54. The Hall–Kier alpha value is -1.37. The highest BCUT2D eigenvalue weighted by molar-refractivity contribution is 6.31. The standard InChI is InChI=1S/C17H27ClFN5/c1-20-17(21-10-13-11-22(2)8-9-23(13)3)24(4)12-14-15(18)6-5-7-16(14)19/h5-7,13H,8-12H2,1-4H3,(H,20,21). The SMILES string of the molecule is CN=C(NCC1CN(C)CCN1C)N(C)Cc1c(F)cccc1Cl. The van der Waals surface area contributed by atoms with E-state index in [-0.39, 0.29) is 5.82 Å². The average molecular weight is 356 g/mol. The van der Waals surface area contributed by atoms with E-state index < -0.39 is 0 Å². The number of hydrogen-bond donors (Lipinski definition) is 1. The summed E-state index contributed by atoms with van der Waals surface area (Å²) in [6.45, 7) is 4.33. The van der Waals surface area contributed by atoms with Crippen LogP contribution in [-0.2, 0) is 6.54 Å². The third kappa shape index (κ3) is 4.82. The molecule has 1 aliphatic rings. The first-order valence-electron chi connectivity index (χ1n) is 8.15. The van der Waals surface area contributed by atoms with Crippen molar-refractivity contribution in [3.05, 3.63) is 34.6 Å². The van der Waals surface area contributed by atoms with Gasteiger partial charge in [-0.2, -0.15) is 0 Å². The van der Waals surface area contributed by atoms with Gasteiger partial charge in [-0.05, 0) is 26.2 Å². The molecular weight excluding hydrogens is 329 g/mol. The number of aliphatic imine (C=N–C) groups is 1.